The van der Waals surface area contributed by atoms with E-state index in [1.807, 2.05) is 19.2 Å². The molecule has 2 heterocycles. The van der Waals surface area contributed by atoms with Gasteiger partial charge in [0.25, 0.3) is 0 Å². The Hall–Kier alpha value is -1.79. The number of aromatic nitrogens is 3. The topological polar surface area (TPSA) is 73.1 Å². The molecule has 2 aromatic rings. The molecule has 0 aliphatic heterocycles. The van der Waals surface area contributed by atoms with Gasteiger partial charge in [-0.1, -0.05) is 11.2 Å². The van der Waals surface area contributed by atoms with E-state index in [-0.39, 0.29) is 6.04 Å². The van der Waals surface area contributed by atoms with Crippen molar-refractivity contribution in [3.05, 3.63) is 41.8 Å². The van der Waals surface area contributed by atoms with Crippen LogP contribution in [0.5, 0.6) is 0 Å². The molecule has 0 amide bonds. The second-order valence-electron chi connectivity index (χ2n) is 4.29. The van der Waals surface area contributed by atoms with Crippen LogP contribution in [0.25, 0.3) is 0 Å². The molecule has 0 saturated carbocycles. The maximum atomic E-state index is 5.24. The first-order chi connectivity index (χ1) is 9.31. The molecule has 0 spiro atoms. The lowest BCUT2D eigenvalue weighted by molar-refractivity contribution is 0.165. The molecule has 19 heavy (non-hydrogen) atoms. The largest absolute Gasteiger partial charge is 0.383 e. The quantitative estimate of drug-likeness (QED) is 0.797. The van der Waals surface area contributed by atoms with Gasteiger partial charge in [0, 0.05) is 38.4 Å². The van der Waals surface area contributed by atoms with E-state index in [1.165, 1.54) is 0 Å². The molecule has 1 atom stereocenters. The van der Waals surface area contributed by atoms with E-state index in [4.69, 9.17) is 9.26 Å². The molecular weight excluding hydrogens is 244 g/mol. The standard InChI is InChI=1S/C13H18N4O2/c1-14-11(9-18-2)7-13-16-12(17-19-13)6-10-4-3-5-15-8-10/h3-5,8,11,14H,6-7,9H2,1-2H3. The van der Waals surface area contributed by atoms with E-state index in [0.29, 0.717) is 31.2 Å². The fourth-order valence-electron chi connectivity index (χ4n) is 1.79. The average Bonchev–Trinajstić information content (AvgIpc) is 2.86. The van der Waals surface area contributed by atoms with Gasteiger partial charge in [-0.05, 0) is 18.7 Å². The van der Waals surface area contributed by atoms with E-state index < -0.39 is 0 Å². The average molecular weight is 262 g/mol. The first kappa shape index (κ1) is 13.6. The Labute approximate surface area is 112 Å². The van der Waals surface area contributed by atoms with Crippen LogP contribution in [0.1, 0.15) is 17.3 Å². The number of nitrogens with one attached hydrogen (secondary N) is 1. The molecule has 0 radical (unpaired) electrons. The molecule has 0 saturated heterocycles. The highest BCUT2D eigenvalue weighted by Gasteiger charge is 2.13. The van der Waals surface area contributed by atoms with Gasteiger partial charge < -0.3 is 14.6 Å². The minimum absolute atomic E-state index is 0.177. The third-order valence-electron chi connectivity index (χ3n) is 2.79. The van der Waals surface area contributed by atoms with Gasteiger partial charge >= 0.3 is 0 Å². The fraction of sp³-hybridized carbons (Fsp3) is 0.462. The summed E-state index contributed by atoms with van der Waals surface area (Å²) in [5.74, 6) is 1.30. The van der Waals surface area contributed by atoms with Crippen molar-refractivity contribution in [3.63, 3.8) is 0 Å². The predicted octanol–water partition coefficient (Wildman–Crippen LogP) is 0.832. The lowest BCUT2D eigenvalue weighted by Crippen LogP contribution is -2.32. The van der Waals surface area contributed by atoms with Gasteiger partial charge in [-0.15, -0.1) is 0 Å². The lowest BCUT2D eigenvalue weighted by atomic mass is 10.2. The third-order valence-corrected chi connectivity index (χ3v) is 2.79. The number of likely N-dealkylation sites (N-methyl/N-ethyl adjacent to an activating group) is 1. The zero-order valence-corrected chi connectivity index (χ0v) is 11.2. The van der Waals surface area contributed by atoms with Gasteiger partial charge in [-0.25, -0.2) is 0 Å². The number of rotatable bonds is 7. The van der Waals surface area contributed by atoms with E-state index in [0.717, 1.165) is 5.56 Å². The molecule has 1 N–H and O–H groups in total. The number of hydrogen-bond donors (Lipinski definition) is 1. The molecule has 0 aliphatic carbocycles. The van der Waals surface area contributed by atoms with Crippen LogP contribution in [-0.4, -0.2) is 41.9 Å². The normalized spacial score (nSPS) is 12.5. The lowest BCUT2D eigenvalue weighted by Gasteiger charge is -2.11. The SMILES string of the molecule is CNC(COC)Cc1nc(Cc2cccnc2)no1. The summed E-state index contributed by atoms with van der Waals surface area (Å²) in [5, 5.41) is 7.12. The summed E-state index contributed by atoms with van der Waals surface area (Å²) in [6.45, 7) is 0.608. The van der Waals surface area contributed by atoms with Crippen LogP contribution in [-0.2, 0) is 17.6 Å². The van der Waals surface area contributed by atoms with Crippen LogP contribution in [0.15, 0.2) is 29.0 Å². The zero-order chi connectivity index (χ0) is 13.5. The molecule has 0 aliphatic rings. The highest BCUT2D eigenvalue weighted by molar-refractivity contribution is 5.13. The molecule has 0 fully saturated rings. The van der Waals surface area contributed by atoms with Gasteiger partial charge in [0.15, 0.2) is 5.82 Å². The molecule has 2 aromatic heterocycles. The van der Waals surface area contributed by atoms with Crippen molar-refractivity contribution in [3.8, 4) is 0 Å². The Kier molecular flexibility index (Phi) is 5.00. The maximum Gasteiger partial charge on any atom is 0.228 e. The van der Waals surface area contributed by atoms with Crippen molar-refractivity contribution in [2.75, 3.05) is 20.8 Å². The third kappa shape index (κ3) is 4.11. The second-order valence-corrected chi connectivity index (χ2v) is 4.29. The summed E-state index contributed by atoms with van der Waals surface area (Å²) >= 11 is 0. The van der Waals surface area contributed by atoms with Crippen LogP contribution in [0, 0.1) is 0 Å². The molecule has 6 nitrogen and oxygen atoms in total. The predicted molar refractivity (Wildman–Crippen MR) is 69.8 cm³/mol. The minimum Gasteiger partial charge on any atom is -0.383 e. The Morgan fingerprint density at radius 2 is 2.37 bits per heavy atom. The molecule has 1 unspecified atom stereocenters. The van der Waals surface area contributed by atoms with E-state index in [9.17, 15) is 0 Å². The van der Waals surface area contributed by atoms with Gasteiger partial charge in [0.05, 0.1) is 6.61 Å². The molecule has 6 heteroatoms. The molecule has 2 rings (SSSR count). The Bertz CT molecular complexity index is 486. The number of methoxy groups -OCH3 is 1. The number of pyridine rings is 1. The van der Waals surface area contributed by atoms with Crippen molar-refractivity contribution in [2.45, 2.75) is 18.9 Å². The summed E-state index contributed by atoms with van der Waals surface area (Å²) in [4.78, 5) is 8.44. The highest BCUT2D eigenvalue weighted by atomic mass is 16.5. The van der Waals surface area contributed by atoms with Crippen molar-refractivity contribution in [2.24, 2.45) is 0 Å². The summed E-state index contributed by atoms with van der Waals surface area (Å²) in [6.07, 6.45) is 4.83. The Morgan fingerprint density at radius 1 is 1.47 bits per heavy atom. The minimum atomic E-state index is 0.177. The highest BCUT2D eigenvalue weighted by Crippen LogP contribution is 2.07. The van der Waals surface area contributed by atoms with Gasteiger partial charge in [-0.2, -0.15) is 4.98 Å². The molecular formula is C13H18N4O2. The van der Waals surface area contributed by atoms with Crippen molar-refractivity contribution in [1.82, 2.24) is 20.4 Å². The number of hydrogen-bond acceptors (Lipinski definition) is 6. The summed E-state index contributed by atoms with van der Waals surface area (Å²) < 4.78 is 10.3. The molecule has 0 aromatic carbocycles. The maximum absolute atomic E-state index is 5.24. The first-order valence-corrected chi connectivity index (χ1v) is 6.18. The fourth-order valence-corrected chi connectivity index (χ4v) is 1.79. The van der Waals surface area contributed by atoms with Crippen molar-refractivity contribution in [1.29, 1.82) is 0 Å². The molecule has 0 bridgehead atoms. The van der Waals surface area contributed by atoms with Gasteiger partial charge in [-0.3, -0.25) is 4.98 Å². The Balaban J connectivity index is 1.95. The van der Waals surface area contributed by atoms with Gasteiger partial charge in [0.1, 0.15) is 0 Å². The number of nitrogens with zero attached hydrogens (tertiary/aromatic N) is 3. The van der Waals surface area contributed by atoms with E-state index in [1.54, 1.807) is 19.5 Å². The summed E-state index contributed by atoms with van der Waals surface area (Å²) in [7, 11) is 3.56. The van der Waals surface area contributed by atoms with Gasteiger partial charge in [0.2, 0.25) is 5.89 Å². The van der Waals surface area contributed by atoms with Crippen LogP contribution in [0.2, 0.25) is 0 Å². The monoisotopic (exact) mass is 262 g/mol. The van der Waals surface area contributed by atoms with Crippen LogP contribution < -0.4 is 5.32 Å². The van der Waals surface area contributed by atoms with Crippen LogP contribution >= 0.6 is 0 Å². The first-order valence-electron chi connectivity index (χ1n) is 6.18. The summed E-state index contributed by atoms with van der Waals surface area (Å²) in [5.41, 5.74) is 1.07. The van der Waals surface area contributed by atoms with E-state index >= 15 is 0 Å². The van der Waals surface area contributed by atoms with Crippen molar-refractivity contribution < 1.29 is 9.26 Å². The van der Waals surface area contributed by atoms with Crippen LogP contribution in [0.4, 0.5) is 0 Å². The zero-order valence-electron chi connectivity index (χ0n) is 11.2. The second kappa shape index (κ2) is 6.96. The van der Waals surface area contributed by atoms with Crippen LogP contribution in [0.3, 0.4) is 0 Å². The number of ether oxygens (including phenoxy) is 1. The van der Waals surface area contributed by atoms with E-state index in [2.05, 4.69) is 20.4 Å². The summed E-state index contributed by atoms with van der Waals surface area (Å²) in [6, 6.07) is 4.06. The smallest absolute Gasteiger partial charge is 0.228 e. The Morgan fingerprint density at radius 3 is 3.05 bits per heavy atom. The molecule has 102 valence electrons. The van der Waals surface area contributed by atoms with Crippen molar-refractivity contribution >= 4 is 0 Å².